The second-order valence-electron chi connectivity index (χ2n) is 2.46. The fraction of sp³-hybridized carbons (Fsp3) is 0.750. The van der Waals surface area contributed by atoms with Crippen LogP contribution in [0, 0.1) is 17.8 Å². The molecular formula is C8H12O. The van der Waals surface area contributed by atoms with Gasteiger partial charge in [0, 0.05) is 5.92 Å². The maximum absolute atomic E-state index is 8.35. The SMILES string of the molecule is OCC#CC1CCCC1. The van der Waals surface area contributed by atoms with Gasteiger partial charge in [-0.05, 0) is 12.8 Å². The maximum Gasteiger partial charge on any atom is 0.104 e. The van der Waals surface area contributed by atoms with Crippen molar-refractivity contribution in [2.24, 2.45) is 5.92 Å². The highest BCUT2D eigenvalue weighted by Gasteiger charge is 2.10. The van der Waals surface area contributed by atoms with Crippen LogP contribution in [0.1, 0.15) is 25.7 Å². The molecule has 0 amide bonds. The van der Waals surface area contributed by atoms with Gasteiger partial charge in [-0.3, -0.25) is 0 Å². The van der Waals surface area contributed by atoms with Crippen molar-refractivity contribution in [3.63, 3.8) is 0 Å². The zero-order valence-electron chi connectivity index (χ0n) is 5.56. The Morgan fingerprint density at radius 2 is 2.00 bits per heavy atom. The Hall–Kier alpha value is -0.480. The average Bonchev–Trinajstić information content (AvgIpc) is 2.34. The molecule has 1 nitrogen and oxygen atoms in total. The standard InChI is InChI=1S/C8H12O/c9-7-3-6-8-4-1-2-5-8/h8-9H,1-2,4-5,7H2. The van der Waals surface area contributed by atoms with Crippen LogP contribution in [0.5, 0.6) is 0 Å². The van der Waals surface area contributed by atoms with Crippen LogP contribution in [-0.2, 0) is 0 Å². The molecule has 0 aliphatic heterocycles. The number of hydrogen-bond acceptors (Lipinski definition) is 1. The van der Waals surface area contributed by atoms with Gasteiger partial charge >= 0.3 is 0 Å². The van der Waals surface area contributed by atoms with Crippen molar-refractivity contribution in [2.45, 2.75) is 25.7 Å². The summed E-state index contributed by atoms with van der Waals surface area (Å²) >= 11 is 0. The van der Waals surface area contributed by atoms with E-state index in [1.54, 1.807) is 0 Å². The second-order valence-corrected chi connectivity index (χ2v) is 2.46. The molecule has 0 saturated heterocycles. The van der Waals surface area contributed by atoms with Gasteiger partial charge in [0.2, 0.25) is 0 Å². The van der Waals surface area contributed by atoms with Gasteiger partial charge in [-0.15, -0.1) is 0 Å². The molecule has 0 heterocycles. The molecule has 0 radical (unpaired) electrons. The summed E-state index contributed by atoms with van der Waals surface area (Å²) in [7, 11) is 0. The first kappa shape index (κ1) is 6.64. The van der Waals surface area contributed by atoms with E-state index in [0.29, 0.717) is 5.92 Å². The summed E-state index contributed by atoms with van der Waals surface area (Å²) < 4.78 is 0. The lowest BCUT2D eigenvalue weighted by atomic mass is 10.1. The van der Waals surface area contributed by atoms with E-state index in [0.717, 1.165) is 0 Å². The van der Waals surface area contributed by atoms with E-state index in [1.807, 2.05) is 0 Å². The molecule has 1 N–H and O–H groups in total. The van der Waals surface area contributed by atoms with Crippen molar-refractivity contribution >= 4 is 0 Å². The molecule has 1 aliphatic carbocycles. The summed E-state index contributed by atoms with van der Waals surface area (Å²) in [4.78, 5) is 0. The fourth-order valence-electron chi connectivity index (χ4n) is 1.26. The molecule has 1 rings (SSSR count). The van der Waals surface area contributed by atoms with Crippen LogP contribution in [0.25, 0.3) is 0 Å². The van der Waals surface area contributed by atoms with Crippen LogP contribution in [0.4, 0.5) is 0 Å². The lowest BCUT2D eigenvalue weighted by Crippen LogP contribution is -1.86. The Bertz CT molecular complexity index is 123. The fourth-order valence-corrected chi connectivity index (χ4v) is 1.26. The Morgan fingerprint density at radius 3 is 2.56 bits per heavy atom. The molecule has 0 atom stereocenters. The molecular weight excluding hydrogens is 112 g/mol. The Labute approximate surface area is 56.1 Å². The molecule has 1 aliphatic rings. The first-order valence-corrected chi connectivity index (χ1v) is 3.52. The van der Waals surface area contributed by atoms with Gasteiger partial charge in [-0.25, -0.2) is 0 Å². The molecule has 1 saturated carbocycles. The average molecular weight is 124 g/mol. The Morgan fingerprint density at radius 1 is 1.33 bits per heavy atom. The quantitative estimate of drug-likeness (QED) is 0.481. The Balaban J connectivity index is 2.26. The van der Waals surface area contributed by atoms with Crippen molar-refractivity contribution in [3.8, 4) is 11.8 Å². The minimum atomic E-state index is 0.0243. The first-order chi connectivity index (χ1) is 4.43. The number of aliphatic hydroxyl groups is 1. The molecule has 1 heteroatoms. The van der Waals surface area contributed by atoms with Gasteiger partial charge < -0.3 is 5.11 Å². The normalized spacial score (nSPS) is 19.2. The lowest BCUT2D eigenvalue weighted by molar-refractivity contribution is 0.350. The first-order valence-electron chi connectivity index (χ1n) is 3.52. The van der Waals surface area contributed by atoms with E-state index in [2.05, 4.69) is 11.8 Å². The van der Waals surface area contributed by atoms with Crippen LogP contribution in [0.15, 0.2) is 0 Å². The topological polar surface area (TPSA) is 20.2 Å². The van der Waals surface area contributed by atoms with Gasteiger partial charge in [0.25, 0.3) is 0 Å². The molecule has 50 valence electrons. The number of rotatable bonds is 0. The Kier molecular flexibility index (Phi) is 2.60. The largest absolute Gasteiger partial charge is 0.384 e. The molecule has 0 unspecified atom stereocenters. The van der Waals surface area contributed by atoms with Crippen molar-refractivity contribution in [2.75, 3.05) is 6.61 Å². The van der Waals surface area contributed by atoms with Crippen LogP contribution < -0.4 is 0 Å². The highest BCUT2D eigenvalue weighted by Crippen LogP contribution is 2.23. The molecule has 9 heavy (non-hydrogen) atoms. The lowest BCUT2D eigenvalue weighted by Gasteiger charge is -1.93. The van der Waals surface area contributed by atoms with Gasteiger partial charge in [-0.2, -0.15) is 0 Å². The monoisotopic (exact) mass is 124 g/mol. The predicted octanol–water partition coefficient (Wildman–Crippen LogP) is 1.17. The summed E-state index contributed by atoms with van der Waals surface area (Å²) in [6.45, 7) is 0.0243. The van der Waals surface area contributed by atoms with Crippen molar-refractivity contribution in [1.82, 2.24) is 0 Å². The minimum Gasteiger partial charge on any atom is -0.384 e. The third kappa shape index (κ3) is 2.07. The van der Waals surface area contributed by atoms with Crippen molar-refractivity contribution in [1.29, 1.82) is 0 Å². The van der Waals surface area contributed by atoms with E-state index < -0.39 is 0 Å². The van der Waals surface area contributed by atoms with Crippen LogP contribution in [0.3, 0.4) is 0 Å². The third-order valence-corrected chi connectivity index (χ3v) is 1.74. The third-order valence-electron chi connectivity index (χ3n) is 1.74. The summed E-state index contributed by atoms with van der Waals surface area (Å²) in [6, 6.07) is 0. The van der Waals surface area contributed by atoms with Gasteiger partial charge in [0.05, 0.1) is 0 Å². The number of aliphatic hydroxyl groups excluding tert-OH is 1. The molecule has 0 spiro atoms. The predicted molar refractivity (Wildman–Crippen MR) is 36.8 cm³/mol. The molecule has 0 aromatic rings. The highest BCUT2D eigenvalue weighted by atomic mass is 16.2. The van der Waals surface area contributed by atoms with Gasteiger partial charge in [0.15, 0.2) is 0 Å². The highest BCUT2D eigenvalue weighted by molar-refractivity contribution is 5.04. The molecule has 0 bridgehead atoms. The summed E-state index contributed by atoms with van der Waals surface area (Å²) in [5.74, 6) is 6.32. The number of hydrogen-bond donors (Lipinski definition) is 1. The van der Waals surface area contributed by atoms with E-state index in [9.17, 15) is 0 Å². The minimum absolute atomic E-state index is 0.0243. The molecule has 0 aromatic heterocycles. The van der Waals surface area contributed by atoms with Crippen LogP contribution >= 0.6 is 0 Å². The van der Waals surface area contributed by atoms with E-state index in [-0.39, 0.29) is 6.61 Å². The van der Waals surface area contributed by atoms with Crippen LogP contribution in [-0.4, -0.2) is 11.7 Å². The van der Waals surface area contributed by atoms with Crippen LogP contribution in [0.2, 0.25) is 0 Å². The smallest absolute Gasteiger partial charge is 0.104 e. The maximum atomic E-state index is 8.35. The van der Waals surface area contributed by atoms with E-state index in [4.69, 9.17) is 5.11 Å². The summed E-state index contributed by atoms with van der Waals surface area (Å²) in [5.41, 5.74) is 0. The zero-order valence-corrected chi connectivity index (χ0v) is 5.56. The summed E-state index contributed by atoms with van der Waals surface area (Å²) in [5, 5.41) is 8.35. The van der Waals surface area contributed by atoms with E-state index in [1.165, 1.54) is 25.7 Å². The van der Waals surface area contributed by atoms with Gasteiger partial charge in [-0.1, -0.05) is 24.7 Å². The summed E-state index contributed by atoms with van der Waals surface area (Å²) in [6.07, 6.45) is 5.13. The molecule has 1 fully saturated rings. The zero-order chi connectivity index (χ0) is 6.53. The second kappa shape index (κ2) is 3.53. The van der Waals surface area contributed by atoms with Gasteiger partial charge in [0.1, 0.15) is 6.61 Å². The van der Waals surface area contributed by atoms with Crippen molar-refractivity contribution < 1.29 is 5.11 Å². The molecule has 0 aromatic carbocycles. The van der Waals surface area contributed by atoms with Crippen molar-refractivity contribution in [3.05, 3.63) is 0 Å². The van der Waals surface area contributed by atoms with E-state index >= 15 is 0 Å².